The Bertz CT molecular complexity index is 555. The van der Waals surface area contributed by atoms with Gasteiger partial charge >= 0.3 is 24.3 Å². The summed E-state index contributed by atoms with van der Waals surface area (Å²) < 4.78 is 17.2. The summed E-state index contributed by atoms with van der Waals surface area (Å²) in [5.74, 6) is -10.2. The van der Waals surface area contributed by atoms with E-state index in [1.807, 2.05) is 0 Å². The van der Waals surface area contributed by atoms with E-state index in [-0.39, 0.29) is 0 Å². The van der Waals surface area contributed by atoms with Gasteiger partial charge in [-0.15, -0.1) is 0 Å². The fourth-order valence-corrected chi connectivity index (χ4v) is 1.12. The molecule has 0 aromatic rings. The lowest BCUT2D eigenvalue weighted by Crippen LogP contribution is -2.57. The van der Waals surface area contributed by atoms with Gasteiger partial charge in [0.1, 0.15) is 16.3 Å². The number of hydrogen-bond acceptors (Lipinski definition) is 12. The van der Waals surface area contributed by atoms with Crippen molar-refractivity contribution in [3.8, 4) is 0 Å². The van der Waals surface area contributed by atoms with Crippen LogP contribution in [0.15, 0.2) is 0 Å². The second kappa shape index (κ2) is 7.11. The van der Waals surface area contributed by atoms with Gasteiger partial charge in [0.05, 0.1) is 6.42 Å². The minimum atomic E-state index is -4.27. The average molecular weight is 359 g/mol. The maximum absolute atomic E-state index is 13.3. The predicted octanol–water partition coefficient (Wildman–Crippen LogP) is -1.03. The van der Waals surface area contributed by atoms with Crippen molar-refractivity contribution in [3.05, 3.63) is 50.6 Å². The Morgan fingerprint density at radius 1 is 0.833 bits per heavy atom. The second-order valence-electron chi connectivity index (χ2n) is 3.94. The Morgan fingerprint density at radius 3 is 1.50 bits per heavy atom. The summed E-state index contributed by atoms with van der Waals surface area (Å²) in [7, 11) is 0. The van der Waals surface area contributed by atoms with Crippen LogP contribution in [0.2, 0.25) is 0 Å². The van der Waals surface area contributed by atoms with Crippen LogP contribution >= 0.6 is 0 Å². The molecule has 24 heavy (non-hydrogen) atoms. The zero-order chi connectivity index (χ0) is 19.3. The highest BCUT2D eigenvalue weighted by Crippen LogP contribution is 2.21. The molecular formula is C6H6FN5O12. The van der Waals surface area contributed by atoms with E-state index in [4.69, 9.17) is 0 Å². The molecule has 18 heteroatoms. The van der Waals surface area contributed by atoms with Gasteiger partial charge in [0.15, 0.2) is 14.8 Å². The van der Waals surface area contributed by atoms with Crippen molar-refractivity contribution in [2.75, 3.05) is 6.61 Å². The van der Waals surface area contributed by atoms with Crippen LogP contribution in [-0.4, -0.2) is 48.9 Å². The van der Waals surface area contributed by atoms with Crippen molar-refractivity contribution in [2.24, 2.45) is 0 Å². The van der Waals surface area contributed by atoms with E-state index in [1.165, 1.54) is 0 Å². The third-order valence-corrected chi connectivity index (χ3v) is 2.51. The van der Waals surface area contributed by atoms with Gasteiger partial charge in [-0.05, 0) is 0 Å². The normalized spacial score (nSPS) is 11.4. The molecule has 0 rings (SSSR count). The Balaban J connectivity index is 5.05. The summed E-state index contributed by atoms with van der Waals surface area (Å²) in [5, 5.41) is 52.0. The molecule has 0 atom stereocenters. The Morgan fingerprint density at radius 2 is 1.21 bits per heavy atom. The maximum Gasteiger partial charge on any atom is 0.734 e. The summed E-state index contributed by atoms with van der Waals surface area (Å²) >= 11 is 0. The van der Waals surface area contributed by atoms with Gasteiger partial charge in [0.25, 0.3) is 0 Å². The van der Waals surface area contributed by atoms with E-state index in [9.17, 15) is 59.8 Å². The molecule has 0 aromatic heterocycles. The molecule has 0 saturated carbocycles. The largest absolute Gasteiger partial charge is 0.734 e. The number of nitro groups is 5. The Labute approximate surface area is 127 Å². The summed E-state index contributed by atoms with van der Waals surface area (Å²) in [6, 6.07) is 0. The minimum absolute atomic E-state index is 1.40. The number of halogens is 1. The lowest BCUT2D eigenvalue weighted by Gasteiger charge is -2.10. The average Bonchev–Trinajstić information content (AvgIpc) is 2.43. The number of nitrogens with zero attached hydrogens (tertiary/aromatic N) is 5. The smallest absolute Gasteiger partial charge is 0.441 e. The highest BCUT2D eigenvalue weighted by molar-refractivity contribution is 5.69. The van der Waals surface area contributed by atoms with E-state index in [0.29, 0.717) is 0 Å². The molecule has 0 spiro atoms. The molecular weight excluding hydrogens is 353 g/mol. The molecule has 0 fully saturated rings. The summed E-state index contributed by atoms with van der Waals surface area (Å²) in [6.07, 6.45) is -3.07. The summed E-state index contributed by atoms with van der Waals surface area (Å²) in [4.78, 5) is 53.3. The van der Waals surface area contributed by atoms with E-state index < -0.39 is 61.7 Å². The van der Waals surface area contributed by atoms with Gasteiger partial charge in [0, 0.05) is 0 Å². The van der Waals surface area contributed by atoms with Gasteiger partial charge in [-0.1, -0.05) is 4.39 Å². The number of carbonyl (C=O) groups is 1. The molecule has 0 aliphatic carbocycles. The van der Waals surface area contributed by atoms with Crippen molar-refractivity contribution in [3.63, 3.8) is 0 Å². The van der Waals surface area contributed by atoms with Crippen LogP contribution in [0.4, 0.5) is 4.39 Å². The molecule has 17 nitrogen and oxygen atoms in total. The molecule has 0 aliphatic heterocycles. The van der Waals surface area contributed by atoms with Gasteiger partial charge in [-0.25, -0.2) is 0 Å². The van der Waals surface area contributed by atoms with E-state index in [0.717, 1.165) is 0 Å². The number of ether oxygens (including phenoxy) is 1. The molecule has 0 saturated heterocycles. The lowest BCUT2D eigenvalue weighted by molar-refractivity contribution is -0.970. The maximum atomic E-state index is 13.3. The number of alkyl halides is 1. The third-order valence-electron chi connectivity index (χ3n) is 2.51. The first kappa shape index (κ1) is 20.4. The number of esters is 1. The zero-order valence-electron chi connectivity index (χ0n) is 11.1. The highest BCUT2D eigenvalue weighted by Gasteiger charge is 2.72. The summed E-state index contributed by atoms with van der Waals surface area (Å²) in [5.41, 5.74) is 0. The highest BCUT2D eigenvalue weighted by atomic mass is 19.2. The zero-order valence-corrected chi connectivity index (χ0v) is 11.1. The number of rotatable bonds is 10. The van der Waals surface area contributed by atoms with Crippen molar-refractivity contribution < 1.29 is 38.5 Å². The van der Waals surface area contributed by atoms with Crippen molar-refractivity contribution >= 4 is 5.97 Å². The molecule has 0 radical (unpaired) electrons. The van der Waals surface area contributed by atoms with Crippen LogP contribution in [0.5, 0.6) is 0 Å². The van der Waals surface area contributed by atoms with Crippen LogP contribution in [0, 0.1) is 50.6 Å². The van der Waals surface area contributed by atoms with Gasteiger partial charge in [-0.3, -0.25) is 55.4 Å². The molecule has 0 amide bonds. The van der Waals surface area contributed by atoms with Gasteiger partial charge < -0.3 is 4.74 Å². The SMILES string of the molecule is O=C(CCC(F)([N+](=O)[O-])[N+](=O)[O-])OCC([N+](=O)[O-])([N+](=O)[O-])[N+](=O)[O-]. The van der Waals surface area contributed by atoms with Crippen molar-refractivity contribution in [1.82, 2.24) is 0 Å². The predicted molar refractivity (Wildman–Crippen MR) is 61.7 cm³/mol. The first-order valence-corrected chi connectivity index (χ1v) is 5.39. The standard InChI is InChI=1S/C6H6FN5O12/c7-5(8(14)15,9(16)17)2-1-4(13)24-3-6(10(18)19,11(20)21)12(22)23/h1-3H2. The van der Waals surface area contributed by atoms with E-state index in [2.05, 4.69) is 4.74 Å². The van der Waals surface area contributed by atoms with Crippen LogP contribution in [-0.2, 0) is 9.53 Å². The monoisotopic (exact) mass is 359 g/mol. The molecule has 0 unspecified atom stereocenters. The minimum Gasteiger partial charge on any atom is -0.441 e. The van der Waals surface area contributed by atoms with Crippen LogP contribution in [0.1, 0.15) is 12.8 Å². The first-order valence-electron chi connectivity index (χ1n) is 5.39. The van der Waals surface area contributed by atoms with E-state index in [1.54, 1.807) is 0 Å². The van der Waals surface area contributed by atoms with E-state index >= 15 is 0 Å². The van der Waals surface area contributed by atoms with Gasteiger partial charge in [-0.2, -0.15) is 0 Å². The molecule has 0 aliphatic rings. The van der Waals surface area contributed by atoms with Crippen molar-refractivity contribution in [2.45, 2.75) is 24.5 Å². The topological polar surface area (TPSA) is 242 Å². The number of hydrogen-bond donors (Lipinski definition) is 0. The molecule has 0 N–H and O–H groups in total. The van der Waals surface area contributed by atoms with Crippen LogP contribution in [0.3, 0.4) is 0 Å². The molecule has 0 heterocycles. The quantitative estimate of drug-likeness (QED) is 0.149. The Kier molecular flexibility index (Phi) is 6.04. The lowest BCUT2D eigenvalue weighted by atomic mass is 10.2. The third kappa shape index (κ3) is 3.78. The van der Waals surface area contributed by atoms with Crippen molar-refractivity contribution in [1.29, 1.82) is 0 Å². The number of carbonyl (C=O) groups excluding carboxylic acids is 1. The van der Waals surface area contributed by atoms with Crippen LogP contribution in [0.25, 0.3) is 0 Å². The first-order chi connectivity index (χ1) is 10.8. The van der Waals surface area contributed by atoms with Gasteiger partial charge in [0.2, 0.25) is 0 Å². The Hall–Kier alpha value is -3.60. The molecule has 0 aromatic carbocycles. The fourth-order valence-electron chi connectivity index (χ4n) is 1.12. The second-order valence-corrected chi connectivity index (χ2v) is 3.94. The molecule has 134 valence electrons. The van der Waals surface area contributed by atoms with Crippen LogP contribution < -0.4 is 0 Å². The molecule has 0 bridgehead atoms. The fraction of sp³-hybridized carbons (Fsp3) is 0.833. The summed E-state index contributed by atoms with van der Waals surface area (Å²) in [6.45, 7) is -2.02.